The third-order valence-electron chi connectivity index (χ3n) is 0.500. The van der Waals surface area contributed by atoms with Gasteiger partial charge in [0.25, 0.3) is 0 Å². The van der Waals surface area contributed by atoms with Crippen LogP contribution in [0.15, 0.2) is 0 Å². The summed E-state index contributed by atoms with van der Waals surface area (Å²) in [5.74, 6) is 0.218. The van der Waals surface area contributed by atoms with Gasteiger partial charge in [-0.15, -0.1) is 0 Å². The molecule has 0 unspecified atom stereocenters. The molecule has 1 N–H and O–H groups in total. The van der Waals surface area contributed by atoms with E-state index in [-0.39, 0.29) is 12.3 Å². The number of hydrogen-bond donors (Lipinski definition) is 1. The average molecular weight is 90.2 g/mol. The summed E-state index contributed by atoms with van der Waals surface area (Å²) in [7, 11) is 0. The van der Waals surface area contributed by atoms with Crippen LogP contribution in [-0.2, 0) is 0 Å². The monoisotopic (exact) mass is 90.1 g/mol. The van der Waals surface area contributed by atoms with Gasteiger partial charge in [-0.05, 0) is 12.3 Å². The zero-order valence-corrected chi connectivity index (χ0v) is 4.23. The first-order valence-electron chi connectivity index (χ1n) is 3.14. The normalized spacial score (nSPS) is 17.3. The van der Waals surface area contributed by atoms with Crippen molar-refractivity contribution >= 4 is 0 Å². The molecule has 0 bridgehead atoms. The predicted octanol–water partition coefficient (Wildman–Crippen LogP) is 1.02. The average Bonchev–Trinajstić information content (AvgIpc) is 1.21. The summed E-state index contributed by atoms with van der Waals surface area (Å²) in [5, 5.41) is 8.52. The zero-order chi connectivity index (χ0) is 6.78. The van der Waals surface area contributed by atoms with Crippen molar-refractivity contribution in [3.63, 3.8) is 0 Å². The van der Waals surface area contributed by atoms with Crippen LogP contribution in [0.2, 0.25) is 0 Å². The molecule has 0 amide bonds. The minimum atomic E-state index is -1.98. The second-order valence-electron chi connectivity index (χ2n) is 1.76. The van der Waals surface area contributed by atoms with E-state index in [0.717, 1.165) is 0 Å². The molecule has 0 atom stereocenters. The third-order valence-corrected chi connectivity index (χ3v) is 0.500. The highest BCUT2D eigenvalue weighted by Gasteiger charge is 1.86. The largest absolute Gasteiger partial charge is 0.396 e. The minimum Gasteiger partial charge on any atom is -0.396 e. The lowest BCUT2D eigenvalue weighted by molar-refractivity contribution is 0.268. The standard InChI is InChI=1S/C5H12O/c1-5(2)3-4-6/h5-6H,3-4H2,1-2H3/i4D2. The first-order valence-corrected chi connectivity index (χ1v) is 2.14. The highest BCUT2D eigenvalue weighted by molar-refractivity contribution is 4.38. The summed E-state index contributed by atoms with van der Waals surface area (Å²) < 4.78 is 13.4. The van der Waals surface area contributed by atoms with Crippen LogP contribution in [0, 0.1) is 5.92 Å². The van der Waals surface area contributed by atoms with E-state index in [9.17, 15) is 0 Å². The smallest absolute Gasteiger partial charge is 0.0564 e. The Labute approximate surface area is 41.8 Å². The number of rotatable bonds is 2. The maximum Gasteiger partial charge on any atom is 0.0564 e. The second kappa shape index (κ2) is 3.16. The maximum absolute atomic E-state index is 8.52. The van der Waals surface area contributed by atoms with Gasteiger partial charge in [0.2, 0.25) is 0 Å². The van der Waals surface area contributed by atoms with Crippen molar-refractivity contribution in [1.82, 2.24) is 0 Å². The Hall–Kier alpha value is -0.0400. The lowest BCUT2D eigenvalue weighted by Crippen LogP contribution is -1.89. The lowest BCUT2D eigenvalue weighted by atomic mass is 10.2. The van der Waals surface area contributed by atoms with Crippen molar-refractivity contribution in [3.8, 4) is 0 Å². The van der Waals surface area contributed by atoms with Gasteiger partial charge in [0.1, 0.15) is 0 Å². The quantitative estimate of drug-likeness (QED) is 0.537. The van der Waals surface area contributed by atoms with Gasteiger partial charge in [-0.3, -0.25) is 0 Å². The first-order chi connectivity index (χ1) is 3.42. The summed E-state index contributed by atoms with van der Waals surface area (Å²) >= 11 is 0. The van der Waals surface area contributed by atoms with Crippen LogP contribution in [0.5, 0.6) is 0 Å². The van der Waals surface area contributed by atoms with Gasteiger partial charge in [0, 0.05) is 6.56 Å². The molecule has 0 aliphatic heterocycles. The number of aliphatic hydroxyl groups is 1. The van der Waals surface area contributed by atoms with Crippen LogP contribution >= 0.6 is 0 Å². The molecule has 1 heteroatoms. The van der Waals surface area contributed by atoms with Crippen molar-refractivity contribution < 1.29 is 7.85 Å². The summed E-state index contributed by atoms with van der Waals surface area (Å²) in [4.78, 5) is 0. The second-order valence-corrected chi connectivity index (χ2v) is 1.76. The molecule has 0 radical (unpaired) electrons. The van der Waals surface area contributed by atoms with Crippen LogP contribution in [-0.4, -0.2) is 11.7 Å². The number of hydrogen-bond acceptors (Lipinski definition) is 1. The summed E-state index contributed by atoms with van der Waals surface area (Å²) in [6, 6.07) is 0. The van der Waals surface area contributed by atoms with E-state index < -0.39 is 6.56 Å². The fraction of sp³-hybridized carbons (Fsp3) is 1.00. The molecule has 0 fully saturated rings. The highest BCUT2D eigenvalue weighted by atomic mass is 16.2. The van der Waals surface area contributed by atoms with Crippen molar-refractivity contribution in [1.29, 1.82) is 0 Å². The van der Waals surface area contributed by atoms with E-state index in [1.165, 1.54) is 0 Å². The summed E-state index contributed by atoms with van der Waals surface area (Å²) in [5.41, 5.74) is 0. The van der Waals surface area contributed by atoms with Crippen LogP contribution < -0.4 is 0 Å². The SMILES string of the molecule is [2H]C([2H])(O)CC(C)C. The summed E-state index contributed by atoms with van der Waals surface area (Å²) in [6.45, 7) is 1.76. The van der Waals surface area contributed by atoms with Gasteiger partial charge < -0.3 is 5.11 Å². The fourth-order valence-electron chi connectivity index (χ4n) is 0.183. The molecule has 0 saturated carbocycles. The molecular formula is C5H12O. The molecule has 0 aliphatic carbocycles. The zero-order valence-electron chi connectivity index (χ0n) is 6.23. The Morgan fingerprint density at radius 1 is 1.83 bits per heavy atom. The molecule has 38 valence electrons. The first kappa shape index (κ1) is 3.03. The summed E-state index contributed by atoms with van der Waals surface area (Å²) in [6.07, 6.45) is 0.215. The highest BCUT2D eigenvalue weighted by Crippen LogP contribution is 1.94. The van der Waals surface area contributed by atoms with Gasteiger partial charge in [-0.25, -0.2) is 0 Å². The van der Waals surface area contributed by atoms with Crippen molar-refractivity contribution in [2.75, 3.05) is 6.56 Å². The van der Waals surface area contributed by atoms with Gasteiger partial charge in [-0.1, -0.05) is 13.8 Å². The molecule has 0 aromatic rings. The molecule has 0 spiro atoms. The fourth-order valence-corrected chi connectivity index (χ4v) is 0.183. The van der Waals surface area contributed by atoms with E-state index in [4.69, 9.17) is 7.85 Å². The molecule has 0 rings (SSSR count). The molecule has 0 aromatic carbocycles. The Morgan fingerprint density at radius 2 is 2.33 bits per heavy atom. The van der Waals surface area contributed by atoms with Gasteiger partial charge in [0.15, 0.2) is 0 Å². The molecular weight excluding hydrogens is 76.1 g/mol. The van der Waals surface area contributed by atoms with E-state index in [1.807, 2.05) is 13.8 Å². The van der Waals surface area contributed by atoms with Crippen LogP contribution in [0.1, 0.15) is 23.0 Å². The van der Waals surface area contributed by atoms with Crippen molar-refractivity contribution in [2.24, 2.45) is 5.92 Å². The predicted molar refractivity (Wildman–Crippen MR) is 26.5 cm³/mol. The molecule has 0 heterocycles. The van der Waals surface area contributed by atoms with Crippen LogP contribution in [0.4, 0.5) is 0 Å². The Kier molecular flexibility index (Phi) is 1.59. The molecule has 6 heavy (non-hydrogen) atoms. The van der Waals surface area contributed by atoms with Crippen LogP contribution in [0.25, 0.3) is 0 Å². The van der Waals surface area contributed by atoms with E-state index in [1.54, 1.807) is 0 Å². The maximum atomic E-state index is 8.52. The minimum absolute atomic E-state index is 0.215. The molecule has 0 aliphatic rings. The van der Waals surface area contributed by atoms with E-state index in [0.29, 0.717) is 0 Å². The molecule has 1 nitrogen and oxygen atoms in total. The Bertz CT molecular complexity index is 65.3. The molecule has 0 saturated heterocycles. The topological polar surface area (TPSA) is 20.2 Å². The van der Waals surface area contributed by atoms with Crippen molar-refractivity contribution in [2.45, 2.75) is 20.3 Å². The van der Waals surface area contributed by atoms with Gasteiger partial charge in [-0.2, -0.15) is 0 Å². The Balaban J connectivity index is 3.39. The lowest BCUT2D eigenvalue weighted by Gasteiger charge is -1.95. The van der Waals surface area contributed by atoms with Crippen molar-refractivity contribution in [3.05, 3.63) is 0 Å². The van der Waals surface area contributed by atoms with E-state index in [2.05, 4.69) is 0 Å². The molecule has 0 aromatic heterocycles. The Morgan fingerprint density at radius 3 is 2.33 bits per heavy atom. The third kappa shape index (κ3) is 3.96. The van der Waals surface area contributed by atoms with E-state index >= 15 is 0 Å². The van der Waals surface area contributed by atoms with Crippen LogP contribution in [0.3, 0.4) is 0 Å². The van der Waals surface area contributed by atoms with Gasteiger partial charge >= 0.3 is 0 Å². The van der Waals surface area contributed by atoms with Gasteiger partial charge in [0.05, 0.1) is 2.74 Å².